The van der Waals surface area contributed by atoms with E-state index in [0.717, 1.165) is 5.56 Å². The molecule has 5 heteroatoms. The summed E-state index contributed by atoms with van der Waals surface area (Å²) in [7, 11) is 1.28. The second-order valence-electron chi connectivity index (χ2n) is 4.56. The van der Waals surface area contributed by atoms with Crippen molar-refractivity contribution in [3.8, 4) is 0 Å². The summed E-state index contributed by atoms with van der Waals surface area (Å²) in [6.45, 7) is 5.12. The fourth-order valence-electron chi connectivity index (χ4n) is 1.39. The number of methoxy groups -OCH3 is 1. The van der Waals surface area contributed by atoms with Gasteiger partial charge in [-0.25, -0.2) is 9.59 Å². The summed E-state index contributed by atoms with van der Waals surface area (Å²) < 4.78 is 4.60. The number of hydrogen-bond acceptors (Lipinski definition) is 3. The Hall–Kier alpha value is -2.04. The smallest absolute Gasteiger partial charge is 0.331 e. The number of nitrogens with one attached hydrogen (secondary N) is 2. The topological polar surface area (TPSA) is 67.4 Å². The molecule has 0 aliphatic heterocycles. The maximum absolute atomic E-state index is 11.7. The van der Waals surface area contributed by atoms with Crippen LogP contribution in [0.15, 0.2) is 24.3 Å². The van der Waals surface area contributed by atoms with Gasteiger partial charge in [0.1, 0.15) is 5.54 Å². The maximum atomic E-state index is 11.7. The van der Waals surface area contributed by atoms with E-state index in [1.165, 1.54) is 7.11 Å². The molecule has 0 heterocycles. The molecule has 0 fully saturated rings. The van der Waals surface area contributed by atoms with Crippen LogP contribution < -0.4 is 10.6 Å². The van der Waals surface area contributed by atoms with Crippen molar-refractivity contribution in [2.45, 2.75) is 26.3 Å². The standard InChI is InChI=1S/C13H18N2O3/c1-9-5-7-10(8-6-9)14-12(17)15-13(2,3)11(16)18-4/h5-8H,1-4H3,(H2,14,15,17). The van der Waals surface area contributed by atoms with Crippen LogP contribution in [0.5, 0.6) is 0 Å². The van der Waals surface area contributed by atoms with Gasteiger partial charge in [-0.1, -0.05) is 17.7 Å². The Kier molecular flexibility index (Phi) is 4.31. The Morgan fingerprint density at radius 2 is 1.72 bits per heavy atom. The Morgan fingerprint density at radius 1 is 1.17 bits per heavy atom. The summed E-state index contributed by atoms with van der Waals surface area (Å²) >= 11 is 0. The van der Waals surface area contributed by atoms with Gasteiger partial charge in [-0.05, 0) is 32.9 Å². The molecule has 0 spiro atoms. The largest absolute Gasteiger partial charge is 0.467 e. The number of benzene rings is 1. The average Bonchev–Trinajstić information content (AvgIpc) is 2.30. The van der Waals surface area contributed by atoms with Gasteiger partial charge in [-0.3, -0.25) is 0 Å². The SMILES string of the molecule is COC(=O)C(C)(C)NC(=O)Nc1ccc(C)cc1. The van der Waals surface area contributed by atoms with E-state index in [1.807, 2.05) is 19.1 Å². The molecule has 98 valence electrons. The molecule has 0 aromatic heterocycles. The van der Waals surface area contributed by atoms with Crippen LogP contribution in [-0.4, -0.2) is 24.6 Å². The van der Waals surface area contributed by atoms with E-state index in [4.69, 9.17) is 0 Å². The monoisotopic (exact) mass is 250 g/mol. The fourth-order valence-corrected chi connectivity index (χ4v) is 1.39. The first-order valence-electron chi connectivity index (χ1n) is 5.59. The van der Waals surface area contributed by atoms with Crippen molar-refractivity contribution in [1.29, 1.82) is 0 Å². The van der Waals surface area contributed by atoms with Crippen LogP contribution in [0.4, 0.5) is 10.5 Å². The van der Waals surface area contributed by atoms with Crippen LogP contribution in [0, 0.1) is 6.92 Å². The highest BCUT2D eigenvalue weighted by atomic mass is 16.5. The lowest BCUT2D eigenvalue weighted by Gasteiger charge is -2.23. The normalized spacial score (nSPS) is 10.7. The van der Waals surface area contributed by atoms with Gasteiger partial charge in [-0.15, -0.1) is 0 Å². The third-order valence-electron chi connectivity index (χ3n) is 2.43. The second-order valence-corrected chi connectivity index (χ2v) is 4.56. The summed E-state index contributed by atoms with van der Waals surface area (Å²) in [5, 5.41) is 5.19. The average molecular weight is 250 g/mol. The summed E-state index contributed by atoms with van der Waals surface area (Å²) in [6, 6.07) is 6.91. The zero-order chi connectivity index (χ0) is 13.8. The molecule has 1 rings (SSSR count). The van der Waals surface area contributed by atoms with E-state index >= 15 is 0 Å². The molecule has 0 radical (unpaired) electrons. The Balaban J connectivity index is 2.62. The number of anilines is 1. The minimum absolute atomic E-state index is 0.450. The van der Waals surface area contributed by atoms with Crippen molar-refractivity contribution in [3.63, 3.8) is 0 Å². The third kappa shape index (κ3) is 3.76. The molecule has 18 heavy (non-hydrogen) atoms. The highest BCUT2D eigenvalue weighted by molar-refractivity contribution is 5.93. The first-order valence-corrected chi connectivity index (χ1v) is 5.59. The van der Waals surface area contributed by atoms with Crippen LogP contribution in [0.25, 0.3) is 0 Å². The van der Waals surface area contributed by atoms with Crippen molar-refractivity contribution in [1.82, 2.24) is 5.32 Å². The molecule has 0 unspecified atom stereocenters. The summed E-state index contributed by atoms with van der Waals surface area (Å²) in [4.78, 5) is 23.1. The molecule has 2 N–H and O–H groups in total. The lowest BCUT2D eigenvalue weighted by atomic mass is 10.1. The lowest BCUT2D eigenvalue weighted by molar-refractivity contribution is -0.146. The summed E-state index contributed by atoms with van der Waals surface area (Å²) in [5.74, 6) is -0.499. The van der Waals surface area contributed by atoms with Crippen LogP contribution >= 0.6 is 0 Å². The number of urea groups is 1. The van der Waals surface area contributed by atoms with Gasteiger partial charge in [-0.2, -0.15) is 0 Å². The molecular formula is C13H18N2O3. The number of hydrogen-bond donors (Lipinski definition) is 2. The van der Waals surface area contributed by atoms with Crippen molar-refractivity contribution >= 4 is 17.7 Å². The van der Waals surface area contributed by atoms with Crippen LogP contribution in [-0.2, 0) is 9.53 Å². The molecule has 1 aromatic rings. The van der Waals surface area contributed by atoms with E-state index in [-0.39, 0.29) is 0 Å². The molecule has 2 amide bonds. The zero-order valence-electron chi connectivity index (χ0n) is 11.0. The second kappa shape index (κ2) is 5.53. The fraction of sp³-hybridized carbons (Fsp3) is 0.385. The number of carbonyl (C=O) groups is 2. The Morgan fingerprint density at radius 3 is 2.22 bits per heavy atom. The molecule has 1 aromatic carbocycles. The molecular weight excluding hydrogens is 232 g/mol. The minimum Gasteiger partial charge on any atom is -0.467 e. The number of aryl methyl sites for hydroxylation is 1. The van der Waals surface area contributed by atoms with Gasteiger partial charge in [0.15, 0.2) is 0 Å². The number of rotatable bonds is 3. The minimum atomic E-state index is -1.07. The quantitative estimate of drug-likeness (QED) is 0.807. The number of esters is 1. The first-order chi connectivity index (χ1) is 8.35. The molecule has 0 saturated heterocycles. The van der Waals surface area contributed by atoms with Crippen molar-refractivity contribution in [2.24, 2.45) is 0 Å². The van der Waals surface area contributed by atoms with E-state index in [2.05, 4.69) is 15.4 Å². The number of carbonyl (C=O) groups excluding carboxylic acids is 2. The zero-order valence-corrected chi connectivity index (χ0v) is 11.0. The highest BCUT2D eigenvalue weighted by Gasteiger charge is 2.30. The predicted octanol–water partition coefficient (Wildman–Crippen LogP) is 2.07. The van der Waals surface area contributed by atoms with E-state index < -0.39 is 17.5 Å². The number of ether oxygens (including phenoxy) is 1. The number of amides is 2. The summed E-state index contributed by atoms with van der Waals surface area (Å²) in [5.41, 5.74) is 0.707. The van der Waals surface area contributed by atoms with Crippen LogP contribution in [0.2, 0.25) is 0 Å². The molecule has 0 aliphatic carbocycles. The van der Waals surface area contributed by atoms with Gasteiger partial charge >= 0.3 is 12.0 Å². The van der Waals surface area contributed by atoms with E-state index in [1.54, 1.807) is 26.0 Å². The lowest BCUT2D eigenvalue weighted by Crippen LogP contribution is -2.51. The molecule has 0 bridgehead atoms. The van der Waals surface area contributed by atoms with Gasteiger partial charge < -0.3 is 15.4 Å². The predicted molar refractivity (Wildman–Crippen MR) is 69.4 cm³/mol. The summed E-state index contributed by atoms with van der Waals surface area (Å²) in [6.07, 6.45) is 0. The van der Waals surface area contributed by atoms with E-state index in [0.29, 0.717) is 5.69 Å². The Bertz CT molecular complexity index is 438. The van der Waals surface area contributed by atoms with Crippen LogP contribution in [0.3, 0.4) is 0 Å². The van der Waals surface area contributed by atoms with Crippen molar-refractivity contribution in [3.05, 3.63) is 29.8 Å². The molecule has 0 atom stereocenters. The van der Waals surface area contributed by atoms with Crippen molar-refractivity contribution < 1.29 is 14.3 Å². The maximum Gasteiger partial charge on any atom is 0.331 e. The van der Waals surface area contributed by atoms with Gasteiger partial charge in [0, 0.05) is 5.69 Å². The highest BCUT2D eigenvalue weighted by Crippen LogP contribution is 2.10. The van der Waals surface area contributed by atoms with Gasteiger partial charge in [0.2, 0.25) is 0 Å². The molecule has 0 saturated carbocycles. The third-order valence-corrected chi connectivity index (χ3v) is 2.43. The van der Waals surface area contributed by atoms with Crippen molar-refractivity contribution in [2.75, 3.05) is 12.4 Å². The molecule has 0 aliphatic rings. The molecule has 5 nitrogen and oxygen atoms in total. The first kappa shape index (κ1) is 14.0. The van der Waals surface area contributed by atoms with Crippen LogP contribution in [0.1, 0.15) is 19.4 Å². The van der Waals surface area contributed by atoms with Gasteiger partial charge in [0.25, 0.3) is 0 Å². The van der Waals surface area contributed by atoms with E-state index in [9.17, 15) is 9.59 Å². The Labute approximate surface area is 107 Å². The van der Waals surface area contributed by atoms with Gasteiger partial charge in [0.05, 0.1) is 7.11 Å².